The second-order valence-corrected chi connectivity index (χ2v) is 6.62. The third-order valence-electron chi connectivity index (χ3n) is 4.40. The maximum Gasteiger partial charge on any atom is 0.249 e. The lowest BCUT2D eigenvalue weighted by molar-refractivity contribution is -0.115. The summed E-state index contributed by atoms with van der Waals surface area (Å²) >= 11 is 6.18. The predicted octanol–water partition coefficient (Wildman–Crippen LogP) is 4.47. The molecule has 0 spiro atoms. The van der Waals surface area contributed by atoms with Crippen LogP contribution in [0.1, 0.15) is 5.56 Å². The summed E-state index contributed by atoms with van der Waals surface area (Å²) in [5.74, 6) is 1.24. The van der Waals surface area contributed by atoms with E-state index in [1.165, 1.54) is 0 Å². The SMILES string of the molecule is COc1ccc2cccc(CC(=O)Nc3n[nH]c(-c4ccccc4Cl)n3)c2c1. The van der Waals surface area contributed by atoms with Crippen LogP contribution in [0.25, 0.3) is 22.2 Å². The molecule has 1 heterocycles. The third kappa shape index (κ3) is 3.68. The molecule has 0 aliphatic carbocycles. The number of nitrogens with zero attached hydrogens (tertiary/aromatic N) is 2. The maximum atomic E-state index is 12.5. The lowest BCUT2D eigenvalue weighted by Crippen LogP contribution is -2.15. The smallest absolute Gasteiger partial charge is 0.249 e. The van der Waals surface area contributed by atoms with Crippen LogP contribution in [0.2, 0.25) is 5.02 Å². The molecule has 28 heavy (non-hydrogen) atoms. The molecular weight excluding hydrogens is 376 g/mol. The molecule has 6 nitrogen and oxygen atoms in total. The molecule has 0 saturated carbocycles. The van der Waals surface area contributed by atoms with Crippen LogP contribution in [0.3, 0.4) is 0 Å². The van der Waals surface area contributed by atoms with Gasteiger partial charge in [0, 0.05) is 5.56 Å². The fourth-order valence-corrected chi connectivity index (χ4v) is 3.26. The molecule has 0 aliphatic rings. The Balaban J connectivity index is 1.53. The van der Waals surface area contributed by atoms with Crippen LogP contribution in [0.4, 0.5) is 5.95 Å². The number of carbonyl (C=O) groups is 1. The average Bonchev–Trinajstić information content (AvgIpc) is 3.16. The van der Waals surface area contributed by atoms with E-state index in [1.54, 1.807) is 13.2 Å². The number of H-pyrrole nitrogens is 1. The van der Waals surface area contributed by atoms with Crippen LogP contribution in [-0.4, -0.2) is 28.2 Å². The number of fused-ring (bicyclic) bond motifs is 1. The predicted molar refractivity (Wildman–Crippen MR) is 110 cm³/mol. The van der Waals surface area contributed by atoms with Crippen molar-refractivity contribution in [2.75, 3.05) is 12.4 Å². The van der Waals surface area contributed by atoms with Crippen molar-refractivity contribution in [1.82, 2.24) is 15.2 Å². The number of amides is 1. The first-order valence-corrected chi connectivity index (χ1v) is 9.04. The second-order valence-electron chi connectivity index (χ2n) is 6.22. The standard InChI is InChI=1S/C21H17ClN4O2/c1-28-15-10-9-13-5-4-6-14(17(13)12-15)11-19(27)23-21-24-20(25-26-21)16-7-2-3-8-18(16)22/h2-10,12H,11H2,1H3,(H2,23,24,25,26,27). The summed E-state index contributed by atoms with van der Waals surface area (Å²) in [6.07, 6.45) is 0.195. The van der Waals surface area contributed by atoms with Gasteiger partial charge in [-0.05, 0) is 40.6 Å². The third-order valence-corrected chi connectivity index (χ3v) is 4.73. The van der Waals surface area contributed by atoms with Crippen molar-refractivity contribution < 1.29 is 9.53 Å². The number of ether oxygens (including phenoxy) is 1. The van der Waals surface area contributed by atoms with Crippen molar-refractivity contribution >= 4 is 34.2 Å². The first-order valence-electron chi connectivity index (χ1n) is 8.67. The molecule has 7 heteroatoms. The van der Waals surface area contributed by atoms with Gasteiger partial charge in [-0.15, -0.1) is 5.10 Å². The Morgan fingerprint density at radius 2 is 2.00 bits per heavy atom. The van der Waals surface area contributed by atoms with Gasteiger partial charge in [0.25, 0.3) is 0 Å². The van der Waals surface area contributed by atoms with Gasteiger partial charge < -0.3 is 4.74 Å². The number of hydrogen-bond donors (Lipinski definition) is 2. The molecule has 3 aromatic carbocycles. The number of rotatable bonds is 5. The number of hydrogen-bond acceptors (Lipinski definition) is 4. The van der Waals surface area contributed by atoms with Gasteiger partial charge in [0.2, 0.25) is 11.9 Å². The van der Waals surface area contributed by atoms with E-state index in [9.17, 15) is 4.79 Å². The fourth-order valence-electron chi connectivity index (χ4n) is 3.03. The number of methoxy groups -OCH3 is 1. The molecule has 140 valence electrons. The minimum absolute atomic E-state index is 0.195. The van der Waals surface area contributed by atoms with Crippen molar-refractivity contribution in [2.24, 2.45) is 0 Å². The molecule has 0 bridgehead atoms. The van der Waals surface area contributed by atoms with Gasteiger partial charge in [-0.2, -0.15) is 4.98 Å². The number of aromatic nitrogens is 3. The molecule has 0 aliphatic heterocycles. The van der Waals surface area contributed by atoms with Crippen molar-refractivity contribution in [2.45, 2.75) is 6.42 Å². The van der Waals surface area contributed by atoms with E-state index in [1.807, 2.05) is 54.6 Å². The van der Waals surface area contributed by atoms with Gasteiger partial charge >= 0.3 is 0 Å². The van der Waals surface area contributed by atoms with E-state index in [2.05, 4.69) is 20.5 Å². The molecule has 0 saturated heterocycles. The van der Waals surface area contributed by atoms with E-state index in [-0.39, 0.29) is 18.3 Å². The van der Waals surface area contributed by atoms with Crippen LogP contribution in [0.15, 0.2) is 60.7 Å². The number of aromatic amines is 1. The van der Waals surface area contributed by atoms with E-state index < -0.39 is 0 Å². The summed E-state index contributed by atoms with van der Waals surface area (Å²) in [7, 11) is 1.62. The first-order chi connectivity index (χ1) is 13.6. The summed E-state index contributed by atoms with van der Waals surface area (Å²) < 4.78 is 5.30. The zero-order chi connectivity index (χ0) is 19.5. The van der Waals surface area contributed by atoms with Gasteiger partial charge in [-0.3, -0.25) is 15.2 Å². The first kappa shape index (κ1) is 18.0. The molecule has 0 atom stereocenters. The van der Waals surface area contributed by atoms with E-state index in [0.29, 0.717) is 10.8 Å². The lowest BCUT2D eigenvalue weighted by atomic mass is 10.0. The Labute approximate surface area is 166 Å². The van der Waals surface area contributed by atoms with Crippen LogP contribution in [0.5, 0.6) is 5.75 Å². The van der Waals surface area contributed by atoms with E-state index in [4.69, 9.17) is 16.3 Å². The van der Waals surface area contributed by atoms with Gasteiger partial charge in [0.1, 0.15) is 5.75 Å². The summed E-state index contributed by atoms with van der Waals surface area (Å²) in [6.45, 7) is 0. The summed E-state index contributed by atoms with van der Waals surface area (Å²) in [6, 6.07) is 19.0. The molecule has 2 N–H and O–H groups in total. The largest absolute Gasteiger partial charge is 0.497 e. The van der Waals surface area contributed by atoms with Crippen molar-refractivity contribution in [3.05, 3.63) is 71.2 Å². The Morgan fingerprint density at radius 3 is 2.82 bits per heavy atom. The van der Waals surface area contributed by atoms with E-state index >= 15 is 0 Å². The maximum absolute atomic E-state index is 12.5. The number of carbonyl (C=O) groups excluding carboxylic acids is 1. The average molecular weight is 393 g/mol. The zero-order valence-electron chi connectivity index (χ0n) is 15.1. The van der Waals surface area contributed by atoms with Gasteiger partial charge in [0.15, 0.2) is 5.82 Å². The molecule has 4 rings (SSSR count). The number of anilines is 1. The van der Waals surface area contributed by atoms with Crippen molar-refractivity contribution in [1.29, 1.82) is 0 Å². The highest BCUT2D eigenvalue weighted by Gasteiger charge is 2.13. The highest BCUT2D eigenvalue weighted by Crippen LogP contribution is 2.26. The topological polar surface area (TPSA) is 79.9 Å². The van der Waals surface area contributed by atoms with Crippen molar-refractivity contribution in [3.63, 3.8) is 0 Å². The summed E-state index contributed by atoms with van der Waals surface area (Å²) in [5.41, 5.74) is 1.62. The van der Waals surface area contributed by atoms with E-state index in [0.717, 1.165) is 27.6 Å². The highest BCUT2D eigenvalue weighted by atomic mass is 35.5. The summed E-state index contributed by atoms with van der Waals surface area (Å²) in [4.78, 5) is 16.8. The zero-order valence-corrected chi connectivity index (χ0v) is 15.8. The molecule has 4 aromatic rings. The number of benzene rings is 3. The molecule has 1 amide bonds. The van der Waals surface area contributed by atoms with Crippen LogP contribution < -0.4 is 10.1 Å². The highest BCUT2D eigenvalue weighted by molar-refractivity contribution is 6.33. The van der Waals surface area contributed by atoms with Crippen molar-refractivity contribution in [3.8, 4) is 17.1 Å². The molecule has 0 radical (unpaired) electrons. The Morgan fingerprint density at radius 1 is 1.14 bits per heavy atom. The summed E-state index contributed by atoms with van der Waals surface area (Å²) in [5, 5.41) is 12.2. The molecule has 0 fully saturated rings. The van der Waals surface area contributed by atoms with Crippen LogP contribution in [0, 0.1) is 0 Å². The second kappa shape index (κ2) is 7.70. The Bertz CT molecular complexity index is 1160. The van der Waals surface area contributed by atoms with Gasteiger partial charge in [-0.25, -0.2) is 0 Å². The quantitative estimate of drug-likeness (QED) is 0.525. The monoisotopic (exact) mass is 392 g/mol. The molecule has 0 unspecified atom stereocenters. The van der Waals surface area contributed by atoms with Crippen LogP contribution in [-0.2, 0) is 11.2 Å². The van der Waals surface area contributed by atoms with Gasteiger partial charge in [-0.1, -0.05) is 48.0 Å². The lowest BCUT2D eigenvalue weighted by Gasteiger charge is -2.08. The minimum atomic E-state index is -0.208. The number of nitrogens with one attached hydrogen (secondary N) is 2. The molecular formula is C21H17ClN4O2. The Kier molecular flexibility index (Phi) is 4.95. The fraction of sp³-hybridized carbons (Fsp3) is 0.0952. The minimum Gasteiger partial charge on any atom is -0.497 e. The van der Waals surface area contributed by atoms with Gasteiger partial charge in [0.05, 0.1) is 18.6 Å². The normalized spacial score (nSPS) is 10.8. The number of halogens is 1. The molecule has 1 aromatic heterocycles. The Hall–Kier alpha value is -3.38. The van der Waals surface area contributed by atoms with Crippen LogP contribution >= 0.6 is 11.6 Å².